The topological polar surface area (TPSA) is 40.5 Å². The molecule has 86 valence electrons. The minimum absolute atomic E-state index is 0.0362. The molecule has 0 saturated heterocycles. The zero-order chi connectivity index (χ0) is 11.9. The Bertz CT molecular complexity index is 518. The van der Waals surface area contributed by atoms with Gasteiger partial charge in [0.25, 0.3) is 0 Å². The van der Waals surface area contributed by atoms with Crippen LogP contribution in [0.3, 0.4) is 0 Å². The molecule has 0 amide bonds. The van der Waals surface area contributed by atoms with E-state index in [0.29, 0.717) is 5.46 Å². The summed E-state index contributed by atoms with van der Waals surface area (Å²) in [5.41, 5.74) is 1.74. The maximum absolute atomic E-state index is 9.45. The Kier molecular flexibility index (Phi) is 2.58. The third kappa shape index (κ3) is 1.73. The number of hydrogen-bond acceptors (Lipinski definition) is 3. The molecule has 1 heterocycles. The molecule has 1 saturated carbocycles. The van der Waals surface area contributed by atoms with Crippen LogP contribution in [-0.4, -0.2) is 17.2 Å². The lowest BCUT2D eigenvalue weighted by atomic mass is 9.72. The van der Waals surface area contributed by atoms with E-state index in [1.807, 2.05) is 18.2 Å². The van der Waals surface area contributed by atoms with Crippen molar-refractivity contribution in [2.45, 2.75) is 18.3 Å². The Balaban J connectivity index is 2.11. The van der Waals surface area contributed by atoms with Crippen molar-refractivity contribution in [3.8, 4) is 0 Å². The first-order chi connectivity index (χ1) is 8.24. The molecule has 4 heteroatoms. The second-order valence-corrected chi connectivity index (χ2v) is 5.47. The van der Waals surface area contributed by atoms with Gasteiger partial charge in [-0.3, -0.25) is 0 Å². The van der Waals surface area contributed by atoms with Gasteiger partial charge in [0.15, 0.2) is 0 Å². The molecular formula is C13H13BO2S. The van der Waals surface area contributed by atoms with Gasteiger partial charge in [0.05, 0.1) is 0 Å². The van der Waals surface area contributed by atoms with Crippen molar-refractivity contribution in [1.29, 1.82) is 0 Å². The monoisotopic (exact) mass is 244 g/mol. The standard InChI is InChI=1S/C13H13BO2S/c15-14(16)11-5-2-1-4-10(11)13(7-8-13)12-6-3-9-17-12/h1-6,9,15-16H,7-8H2. The van der Waals surface area contributed by atoms with E-state index in [1.54, 1.807) is 17.4 Å². The molecule has 1 fully saturated rings. The van der Waals surface area contributed by atoms with E-state index in [1.165, 1.54) is 4.88 Å². The van der Waals surface area contributed by atoms with Crippen LogP contribution in [0.2, 0.25) is 0 Å². The van der Waals surface area contributed by atoms with Gasteiger partial charge in [-0.25, -0.2) is 0 Å². The van der Waals surface area contributed by atoms with E-state index in [2.05, 4.69) is 17.5 Å². The highest BCUT2D eigenvalue weighted by Gasteiger charge is 2.48. The summed E-state index contributed by atoms with van der Waals surface area (Å²) in [4.78, 5) is 1.32. The van der Waals surface area contributed by atoms with Gasteiger partial charge in [-0.15, -0.1) is 11.3 Å². The first kappa shape index (κ1) is 11.0. The lowest BCUT2D eigenvalue weighted by molar-refractivity contribution is 0.425. The Morgan fingerprint density at radius 3 is 2.41 bits per heavy atom. The third-order valence-corrected chi connectivity index (χ3v) is 4.57. The summed E-state index contributed by atoms with van der Waals surface area (Å²) in [7, 11) is -1.39. The summed E-state index contributed by atoms with van der Waals surface area (Å²) >= 11 is 1.74. The fourth-order valence-electron chi connectivity index (χ4n) is 2.48. The minimum atomic E-state index is -1.39. The van der Waals surface area contributed by atoms with E-state index in [0.717, 1.165) is 18.4 Å². The van der Waals surface area contributed by atoms with E-state index >= 15 is 0 Å². The van der Waals surface area contributed by atoms with E-state index in [-0.39, 0.29) is 5.41 Å². The average Bonchev–Trinajstić information content (AvgIpc) is 2.96. The highest BCUT2D eigenvalue weighted by atomic mass is 32.1. The molecule has 17 heavy (non-hydrogen) atoms. The van der Waals surface area contributed by atoms with Crippen LogP contribution in [0.1, 0.15) is 23.3 Å². The second kappa shape index (κ2) is 3.98. The summed E-state index contributed by atoms with van der Waals surface area (Å²) in [5, 5.41) is 21.0. The van der Waals surface area contributed by atoms with Gasteiger partial charge < -0.3 is 10.0 Å². The predicted molar refractivity (Wildman–Crippen MR) is 70.6 cm³/mol. The van der Waals surface area contributed by atoms with Gasteiger partial charge in [-0.05, 0) is 35.3 Å². The summed E-state index contributed by atoms with van der Waals surface area (Å²) in [6.45, 7) is 0. The molecular weight excluding hydrogens is 231 g/mol. The van der Waals surface area contributed by atoms with Crippen molar-refractivity contribution >= 4 is 23.9 Å². The maximum atomic E-state index is 9.45. The van der Waals surface area contributed by atoms with Crippen LogP contribution in [0.5, 0.6) is 0 Å². The lowest BCUT2D eigenvalue weighted by Gasteiger charge is -2.18. The Hall–Kier alpha value is -1.10. The molecule has 3 rings (SSSR count). The molecule has 0 spiro atoms. The van der Waals surface area contributed by atoms with Crippen molar-refractivity contribution in [2.24, 2.45) is 0 Å². The maximum Gasteiger partial charge on any atom is 0.488 e. The minimum Gasteiger partial charge on any atom is -0.423 e. The summed E-state index contributed by atoms with van der Waals surface area (Å²) < 4.78 is 0. The van der Waals surface area contributed by atoms with Crippen molar-refractivity contribution in [3.05, 3.63) is 52.2 Å². The molecule has 1 aromatic carbocycles. The van der Waals surface area contributed by atoms with Gasteiger partial charge >= 0.3 is 7.12 Å². The lowest BCUT2D eigenvalue weighted by Crippen LogP contribution is -2.35. The van der Waals surface area contributed by atoms with Crippen molar-refractivity contribution < 1.29 is 10.0 Å². The zero-order valence-electron chi connectivity index (χ0n) is 9.34. The van der Waals surface area contributed by atoms with Crippen molar-refractivity contribution in [1.82, 2.24) is 0 Å². The normalized spacial score (nSPS) is 16.8. The molecule has 1 aromatic heterocycles. The van der Waals surface area contributed by atoms with Crippen LogP contribution in [0.15, 0.2) is 41.8 Å². The largest absolute Gasteiger partial charge is 0.488 e. The highest BCUT2D eigenvalue weighted by molar-refractivity contribution is 7.10. The van der Waals surface area contributed by atoms with Crippen LogP contribution < -0.4 is 5.46 Å². The SMILES string of the molecule is OB(O)c1ccccc1C1(c2cccs2)CC1. The van der Waals surface area contributed by atoms with Gasteiger partial charge in [0, 0.05) is 10.3 Å². The van der Waals surface area contributed by atoms with Gasteiger partial charge in [0.1, 0.15) is 0 Å². The van der Waals surface area contributed by atoms with Gasteiger partial charge in [-0.2, -0.15) is 0 Å². The number of hydrogen-bond donors (Lipinski definition) is 2. The van der Waals surface area contributed by atoms with Crippen LogP contribution in [0, 0.1) is 0 Å². The first-order valence-electron chi connectivity index (χ1n) is 5.73. The Labute approximate surface area is 105 Å². The fraction of sp³-hybridized carbons (Fsp3) is 0.231. The summed E-state index contributed by atoms with van der Waals surface area (Å²) in [6, 6.07) is 11.8. The molecule has 2 N–H and O–H groups in total. The number of benzene rings is 1. The molecule has 0 atom stereocenters. The zero-order valence-corrected chi connectivity index (χ0v) is 10.2. The van der Waals surface area contributed by atoms with Crippen LogP contribution in [0.4, 0.5) is 0 Å². The molecule has 0 aliphatic heterocycles. The Morgan fingerprint density at radius 2 is 1.82 bits per heavy atom. The Morgan fingerprint density at radius 1 is 1.06 bits per heavy atom. The third-order valence-electron chi connectivity index (χ3n) is 3.50. The first-order valence-corrected chi connectivity index (χ1v) is 6.61. The molecule has 0 radical (unpaired) electrons. The molecule has 2 aromatic rings. The van der Waals surface area contributed by atoms with E-state index < -0.39 is 7.12 Å². The predicted octanol–water partition coefficient (Wildman–Crippen LogP) is 1.51. The average molecular weight is 244 g/mol. The van der Waals surface area contributed by atoms with Gasteiger partial charge in [-0.1, -0.05) is 30.3 Å². The molecule has 2 nitrogen and oxygen atoms in total. The number of thiophene rings is 1. The highest BCUT2D eigenvalue weighted by Crippen LogP contribution is 2.54. The molecule has 0 unspecified atom stereocenters. The second-order valence-electron chi connectivity index (χ2n) is 4.52. The van der Waals surface area contributed by atoms with Crippen molar-refractivity contribution in [3.63, 3.8) is 0 Å². The summed E-state index contributed by atoms with van der Waals surface area (Å²) in [6.07, 6.45) is 2.19. The van der Waals surface area contributed by atoms with Crippen LogP contribution in [0.25, 0.3) is 0 Å². The van der Waals surface area contributed by atoms with Crippen LogP contribution >= 0.6 is 11.3 Å². The smallest absolute Gasteiger partial charge is 0.423 e. The molecule has 1 aliphatic rings. The van der Waals surface area contributed by atoms with Gasteiger partial charge in [0.2, 0.25) is 0 Å². The quantitative estimate of drug-likeness (QED) is 0.803. The van der Waals surface area contributed by atoms with Crippen molar-refractivity contribution in [2.75, 3.05) is 0 Å². The van der Waals surface area contributed by atoms with E-state index in [4.69, 9.17) is 0 Å². The van der Waals surface area contributed by atoms with E-state index in [9.17, 15) is 10.0 Å². The summed E-state index contributed by atoms with van der Waals surface area (Å²) in [5.74, 6) is 0. The fourth-order valence-corrected chi connectivity index (χ4v) is 3.48. The molecule has 0 bridgehead atoms. The van der Waals surface area contributed by atoms with Crippen LogP contribution in [-0.2, 0) is 5.41 Å². The molecule has 1 aliphatic carbocycles. The number of rotatable bonds is 3.